The third-order valence-corrected chi connectivity index (χ3v) is 7.33. The summed E-state index contributed by atoms with van der Waals surface area (Å²) >= 11 is 1.18. The molecule has 178 valence electrons. The van der Waals surface area contributed by atoms with Crippen molar-refractivity contribution in [1.29, 1.82) is 0 Å². The summed E-state index contributed by atoms with van der Waals surface area (Å²) in [5.41, 5.74) is 0.417. The van der Waals surface area contributed by atoms with Crippen LogP contribution in [0.15, 0.2) is 47.4 Å². The molecule has 1 aliphatic carbocycles. The summed E-state index contributed by atoms with van der Waals surface area (Å²) in [5, 5.41) is 3.26. The normalized spacial score (nSPS) is 24.0. The molecule has 33 heavy (non-hydrogen) atoms. The molecule has 1 N–H and O–H groups in total. The number of likely N-dealkylation sites (tertiary alicyclic amines) is 1. The first-order chi connectivity index (χ1) is 15.7. The molecule has 2 atom stereocenters. The lowest BCUT2D eigenvalue weighted by Crippen LogP contribution is -2.59. The SMILES string of the molecule is CO[C@@H]1CN(C)C[C@](NC(=O)c2c(SC)cc(C(F)(F)F)cc2C2CC2)(c2ccccc2)C1. The van der Waals surface area contributed by atoms with Gasteiger partial charge in [-0.3, -0.25) is 4.79 Å². The van der Waals surface area contributed by atoms with Crippen molar-refractivity contribution >= 4 is 17.7 Å². The molecule has 1 saturated carbocycles. The number of benzene rings is 2. The van der Waals surface area contributed by atoms with E-state index in [4.69, 9.17) is 4.74 Å². The molecule has 0 bridgehead atoms. The number of nitrogens with one attached hydrogen (secondary N) is 1. The second kappa shape index (κ2) is 9.31. The molecule has 1 aliphatic heterocycles. The van der Waals surface area contributed by atoms with Crippen LogP contribution in [0.4, 0.5) is 13.2 Å². The predicted octanol–water partition coefficient (Wildman–Crippen LogP) is 5.28. The Morgan fingerprint density at radius 2 is 1.91 bits per heavy atom. The maximum absolute atomic E-state index is 13.8. The van der Waals surface area contributed by atoms with Gasteiger partial charge in [0.2, 0.25) is 0 Å². The molecule has 1 heterocycles. The van der Waals surface area contributed by atoms with Crippen molar-refractivity contribution in [2.45, 2.75) is 47.9 Å². The van der Waals surface area contributed by atoms with Gasteiger partial charge in [-0.05, 0) is 55.3 Å². The van der Waals surface area contributed by atoms with E-state index in [1.165, 1.54) is 17.8 Å². The van der Waals surface area contributed by atoms with Crippen molar-refractivity contribution in [3.05, 3.63) is 64.7 Å². The van der Waals surface area contributed by atoms with Gasteiger partial charge in [-0.25, -0.2) is 0 Å². The van der Waals surface area contributed by atoms with E-state index in [0.717, 1.165) is 31.0 Å². The highest BCUT2D eigenvalue weighted by Gasteiger charge is 2.43. The Balaban J connectivity index is 1.78. The van der Waals surface area contributed by atoms with Crippen LogP contribution < -0.4 is 5.32 Å². The average Bonchev–Trinajstić information content (AvgIpc) is 3.63. The third kappa shape index (κ3) is 5.08. The van der Waals surface area contributed by atoms with Crippen LogP contribution in [-0.2, 0) is 16.5 Å². The van der Waals surface area contributed by atoms with Gasteiger partial charge in [-0.1, -0.05) is 30.3 Å². The van der Waals surface area contributed by atoms with E-state index in [2.05, 4.69) is 10.2 Å². The summed E-state index contributed by atoms with van der Waals surface area (Å²) in [4.78, 5) is 16.3. The van der Waals surface area contributed by atoms with Crippen molar-refractivity contribution in [2.24, 2.45) is 0 Å². The molecule has 1 saturated heterocycles. The largest absolute Gasteiger partial charge is 0.416 e. The van der Waals surface area contributed by atoms with E-state index in [1.54, 1.807) is 13.4 Å². The molecule has 0 spiro atoms. The van der Waals surface area contributed by atoms with Gasteiger partial charge in [-0.15, -0.1) is 11.8 Å². The number of carbonyl (C=O) groups excluding carboxylic acids is 1. The summed E-state index contributed by atoms with van der Waals surface area (Å²) in [6, 6.07) is 12.0. The molecule has 0 aromatic heterocycles. The zero-order valence-electron chi connectivity index (χ0n) is 19.0. The van der Waals surface area contributed by atoms with Crippen molar-refractivity contribution in [3.63, 3.8) is 0 Å². The second-order valence-electron chi connectivity index (χ2n) is 9.08. The number of rotatable bonds is 6. The second-order valence-corrected chi connectivity index (χ2v) is 9.92. The number of halogens is 3. The van der Waals surface area contributed by atoms with Crippen molar-refractivity contribution < 1.29 is 22.7 Å². The number of hydrogen-bond acceptors (Lipinski definition) is 4. The van der Waals surface area contributed by atoms with Crippen LogP contribution >= 0.6 is 11.8 Å². The summed E-state index contributed by atoms with van der Waals surface area (Å²) in [7, 11) is 3.64. The molecule has 2 aromatic carbocycles. The van der Waals surface area contributed by atoms with Crippen LogP contribution in [0, 0.1) is 0 Å². The summed E-state index contributed by atoms with van der Waals surface area (Å²) in [6.07, 6.45) is -0.643. The first-order valence-electron chi connectivity index (χ1n) is 11.1. The van der Waals surface area contributed by atoms with E-state index < -0.39 is 17.3 Å². The van der Waals surface area contributed by atoms with Crippen molar-refractivity contribution in [1.82, 2.24) is 10.2 Å². The summed E-state index contributed by atoms with van der Waals surface area (Å²) < 4.78 is 46.3. The highest BCUT2D eigenvalue weighted by molar-refractivity contribution is 7.98. The van der Waals surface area contributed by atoms with Crippen molar-refractivity contribution in [2.75, 3.05) is 33.5 Å². The van der Waals surface area contributed by atoms with Gasteiger partial charge in [-0.2, -0.15) is 13.2 Å². The Kier molecular flexibility index (Phi) is 6.80. The Morgan fingerprint density at radius 1 is 1.21 bits per heavy atom. The highest BCUT2D eigenvalue weighted by Crippen LogP contribution is 2.46. The lowest BCUT2D eigenvalue weighted by Gasteiger charge is -2.45. The highest BCUT2D eigenvalue weighted by atomic mass is 32.2. The molecular formula is C25H29F3N2O2S. The number of nitrogens with zero attached hydrogens (tertiary/aromatic N) is 1. The fourth-order valence-electron chi connectivity index (χ4n) is 4.88. The maximum atomic E-state index is 13.8. The van der Waals surface area contributed by atoms with Gasteiger partial charge in [0.05, 0.1) is 22.8 Å². The Hall–Kier alpha value is -2.03. The molecule has 2 aliphatic rings. The summed E-state index contributed by atoms with van der Waals surface area (Å²) in [6.45, 7) is 1.32. The van der Waals surface area contributed by atoms with Gasteiger partial charge in [0.15, 0.2) is 0 Å². The van der Waals surface area contributed by atoms with Crippen LogP contribution in [-0.4, -0.2) is 50.4 Å². The molecule has 2 fully saturated rings. The number of alkyl halides is 3. The van der Waals surface area contributed by atoms with Gasteiger partial charge >= 0.3 is 6.18 Å². The van der Waals surface area contributed by atoms with Gasteiger partial charge in [0.25, 0.3) is 5.91 Å². The average molecular weight is 479 g/mol. The number of piperidine rings is 1. The van der Waals surface area contributed by atoms with E-state index in [0.29, 0.717) is 29.0 Å². The van der Waals surface area contributed by atoms with Crippen LogP contribution in [0.3, 0.4) is 0 Å². The number of hydrogen-bond donors (Lipinski definition) is 1. The Morgan fingerprint density at radius 3 is 2.48 bits per heavy atom. The fourth-order valence-corrected chi connectivity index (χ4v) is 5.54. The molecule has 0 unspecified atom stereocenters. The fraction of sp³-hybridized carbons (Fsp3) is 0.480. The molecule has 0 radical (unpaired) electrons. The quantitative estimate of drug-likeness (QED) is 0.574. The molecule has 4 nitrogen and oxygen atoms in total. The van der Waals surface area contributed by atoms with Crippen LogP contribution in [0.5, 0.6) is 0 Å². The Bertz CT molecular complexity index is 1010. The van der Waals surface area contributed by atoms with Gasteiger partial charge in [0.1, 0.15) is 0 Å². The minimum absolute atomic E-state index is 0.00706. The lowest BCUT2D eigenvalue weighted by atomic mass is 9.80. The first kappa shape index (κ1) is 24.1. The van der Waals surface area contributed by atoms with Crippen LogP contribution in [0.25, 0.3) is 0 Å². The predicted molar refractivity (Wildman–Crippen MR) is 124 cm³/mol. The first-order valence-corrected chi connectivity index (χ1v) is 12.3. The van der Waals surface area contributed by atoms with Crippen LogP contribution in [0.2, 0.25) is 0 Å². The number of thioether (sulfide) groups is 1. The minimum Gasteiger partial charge on any atom is -0.380 e. The third-order valence-electron chi connectivity index (χ3n) is 6.57. The topological polar surface area (TPSA) is 41.6 Å². The van der Waals surface area contributed by atoms with Crippen LogP contribution in [0.1, 0.15) is 52.2 Å². The molecule has 2 aromatic rings. The number of amides is 1. The van der Waals surface area contributed by atoms with Crippen molar-refractivity contribution in [3.8, 4) is 0 Å². The lowest BCUT2D eigenvalue weighted by molar-refractivity contribution is -0.137. The number of carbonyl (C=O) groups is 1. The van der Waals surface area contributed by atoms with E-state index in [9.17, 15) is 18.0 Å². The summed E-state index contributed by atoms with van der Waals surface area (Å²) in [5.74, 6) is -0.337. The molecule has 4 rings (SSSR count). The standard InChI is InChI=1S/C25H29F3N2O2S/c1-30-14-19(32-2)13-24(15-30,17-7-5-4-6-8-17)29-23(31)22-20(16-9-10-16)11-18(25(26,27)28)12-21(22)33-3/h4-8,11-12,16,19H,9-10,13-15H2,1-3H3,(H,29,31)/t19-,24-/m0/s1. The number of ether oxygens (including phenoxy) is 1. The van der Waals surface area contributed by atoms with E-state index in [1.807, 2.05) is 37.4 Å². The number of likely N-dealkylation sites (N-methyl/N-ethyl adjacent to an activating group) is 1. The van der Waals surface area contributed by atoms with Gasteiger partial charge < -0.3 is 15.0 Å². The maximum Gasteiger partial charge on any atom is 0.416 e. The molecule has 1 amide bonds. The smallest absolute Gasteiger partial charge is 0.380 e. The minimum atomic E-state index is -4.45. The number of methoxy groups -OCH3 is 1. The molecular weight excluding hydrogens is 449 g/mol. The van der Waals surface area contributed by atoms with E-state index in [-0.39, 0.29) is 17.9 Å². The zero-order valence-corrected chi connectivity index (χ0v) is 19.9. The Labute approximate surface area is 196 Å². The van der Waals surface area contributed by atoms with E-state index >= 15 is 0 Å². The van der Waals surface area contributed by atoms with Gasteiger partial charge in [0, 0.05) is 31.5 Å². The monoisotopic (exact) mass is 478 g/mol. The zero-order chi connectivity index (χ0) is 23.8. The molecule has 8 heteroatoms.